The van der Waals surface area contributed by atoms with E-state index in [1.807, 2.05) is 10.6 Å². The molecule has 10 nitrogen and oxygen atoms in total. The van der Waals surface area contributed by atoms with Gasteiger partial charge in [0.25, 0.3) is 0 Å². The molecule has 6 amide bonds. The van der Waals surface area contributed by atoms with Crippen molar-refractivity contribution in [2.45, 2.75) is 12.8 Å². The lowest BCUT2D eigenvalue weighted by atomic mass is 10.3. The molecule has 1 aromatic rings. The van der Waals surface area contributed by atoms with Crippen LogP contribution in [0, 0.1) is 0 Å². The average molecular weight is 339 g/mol. The second-order valence-corrected chi connectivity index (χ2v) is 5.46. The number of hydrogen-bond acceptors (Lipinski definition) is 7. The molecular weight excluding hydrogens is 326 g/mol. The Bertz CT molecular complexity index is 628. The summed E-state index contributed by atoms with van der Waals surface area (Å²) < 4.78 is 0. The number of nitrogens with one attached hydrogen (secondary N) is 3. The number of nitrogens with zero attached hydrogens (tertiary/aromatic N) is 2. The Morgan fingerprint density at radius 1 is 1.17 bits per heavy atom. The first-order valence-corrected chi connectivity index (χ1v) is 7.43. The fourth-order valence-corrected chi connectivity index (χ4v) is 2.28. The molecular formula is C12H13N5O5S. The number of imide groups is 2. The van der Waals surface area contributed by atoms with Gasteiger partial charge in [-0.05, 0) is 0 Å². The van der Waals surface area contributed by atoms with Crippen LogP contribution in [0.4, 0.5) is 9.93 Å². The Kier molecular flexibility index (Phi) is 5.36. The van der Waals surface area contributed by atoms with Gasteiger partial charge in [0.1, 0.15) is 13.1 Å². The number of amides is 6. The first kappa shape index (κ1) is 16.5. The number of carbonyl (C=O) groups excluding carboxylic acids is 5. The molecule has 0 unspecified atom stereocenters. The zero-order valence-electron chi connectivity index (χ0n) is 11.8. The topological polar surface area (TPSA) is 138 Å². The maximum Gasteiger partial charge on any atom is 0.324 e. The molecule has 1 aliphatic rings. The molecule has 0 aliphatic carbocycles. The van der Waals surface area contributed by atoms with Gasteiger partial charge in [-0.15, -0.1) is 11.3 Å². The van der Waals surface area contributed by atoms with Gasteiger partial charge in [0, 0.05) is 24.4 Å². The van der Waals surface area contributed by atoms with E-state index in [9.17, 15) is 24.0 Å². The molecule has 11 heteroatoms. The number of anilines is 1. The largest absolute Gasteiger partial charge is 0.324 e. The minimum atomic E-state index is -0.849. The molecule has 3 N–H and O–H groups in total. The van der Waals surface area contributed by atoms with E-state index < -0.39 is 29.7 Å². The molecule has 0 atom stereocenters. The molecule has 0 aromatic carbocycles. The predicted octanol–water partition coefficient (Wildman–Crippen LogP) is -0.944. The summed E-state index contributed by atoms with van der Waals surface area (Å²) in [5.41, 5.74) is 0. The van der Waals surface area contributed by atoms with Gasteiger partial charge >= 0.3 is 6.03 Å². The first-order chi connectivity index (χ1) is 10.9. The average Bonchev–Trinajstić information content (AvgIpc) is 2.97. The van der Waals surface area contributed by atoms with Crippen LogP contribution in [-0.4, -0.2) is 52.6 Å². The number of piperazine rings is 1. The zero-order chi connectivity index (χ0) is 16.8. The van der Waals surface area contributed by atoms with Crippen LogP contribution in [0.2, 0.25) is 0 Å². The summed E-state index contributed by atoms with van der Waals surface area (Å²) in [6.45, 7) is -0.620. The Labute approximate surface area is 134 Å². The van der Waals surface area contributed by atoms with Gasteiger partial charge in [-0.25, -0.2) is 9.78 Å². The lowest BCUT2D eigenvalue weighted by Crippen LogP contribution is -2.56. The molecule has 1 fully saturated rings. The van der Waals surface area contributed by atoms with Crippen LogP contribution >= 0.6 is 11.3 Å². The van der Waals surface area contributed by atoms with Crippen molar-refractivity contribution in [1.29, 1.82) is 0 Å². The van der Waals surface area contributed by atoms with Crippen molar-refractivity contribution in [3.05, 3.63) is 11.6 Å². The second-order valence-electron chi connectivity index (χ2n) is 4.57. The molecule has 1 aromatic heterocycles. The highest BCUT2D eigenvalue weighted by molar-refractivity contribution is 7.13. The van der Waals surface area contributed by atoms with E-state index in [4.69, 9.17) is 0 Å². The smallest absolute Gasteiger partial charge is 0.306 e. The van der Waals surface area contributed by atoms with Gasteiger partial charge < -0.3 is 10.2 Å². The third-order valence-electron chi connectivity index (χ3n) is 2.74. The predicted molar refractivity (Wildman–Crippen MR) is 78.2 cm³/mol. The molecule has 2 rings (SSSR count). The summed E-state index contributed by atoms with van der Waals surface area (Å²) in [4.78, 5) is 62.0. The van der Waals surface area contributed by atoms with Crippen molar-refractivity contribution in [3.63, 3.8) is 0 Å². The lowest BCUT2D eigenvalue weighted by Gasteiger charge is -2.25. The highest BCUT2D eigenvalue weighted by atomic mass is 32.1. The van der Waals surface area contributed by atoms with Gasteiger partial charge in [-0.1, -0.05) is 0 Å². The number of urea groups is 1. The van der Waals surface area contributed by atoms with E-state index in [0.717, 1.165) is 4.90 Å². The lowest BCUT2D eigenvalue weighted by molar-refractivity contribution is -0.135. The van der Waals surface area contributed by atoms with Crippen LogP contribution in [0.3, 0.4) is 0 Å². The summed E-state index contributed by atoms with van der Waals surface area (Å²) in [5.74, 6) is -2.32. The standard InChI is InChI=1S/C12H13N5O5S/c18-7(15-11-13-3-4-23-11)1-2-8(19)16-12(22)17-5-9(20)14-10(21)6-17/h3-4H,1-2,5-6H2,(H,13,15,18)(H,14,20,21)(H,16,19,22). The van der Waals surface area contributed by atoms with Crippen LogP contribution in [-0.2, 0) is 19.2 Å². The number of rotatable bonds is 4. The second kappa shape index (κ2) is 7.45. The van der Waals surface area contributed by atoms with Crippen molar-refractivity contribution in [2.24, 2.45) is 0 Å². The van der Waals surface area contributed by atoms with Crippen LogP contribution in [0.5, 0.6) is 0 Å². The Balaban J connectivity index is 1.73. The van der Waals surface area contributed by atoms with Crippen LogP contribution in [0.15, 0.2) is 11.6 Å². The fraction of sp³-hybridized carbons (Fsp3) is 0.333. The number of thiazole rings is 1. The maximum absolute atomic E-state index is 11.8. The Morgan fingerprint density at radius 2 is 1.83 bits per heavy atom. The van der Waals surface area contributed by atoms with E-state index in [1.165, 1.54) is 17.5 Å². The van der Waals surface area contributed by atoms with Crippen molar-refractivity contribution < 1.29 is 24.0 Å². The molecule has 0 bridgehead atoms. The van der Waals surface area contributed by atoms with E-state index in [-0.39, 0.29) is 25.9 Å². The van der Waals surface area contributed by atoms with Crippen molar-refractivity contribution in [3.8, 4) is 0 Å². The van der Waals surface area contributed by atoms with E-state index >= 15 is 0 Å². The van der Waals surface area contributed by atoms with Crippen molar-refractivity contribution in [1.82, 2.24) is 20.5 Å². The minimum absolute atomic E-state index is 0.127. The van der Waals surface area contributed by atoms with E-state index in [1.54, 1.807) is 5.38 Å². The summed E-state index contributed by atoms with van der Waals surface area (Å²) >= 11 is 1.24. The van der Waals surface area contributed by atoms with Gasteiger partial charge in [0.15, 0.2) is 5.13 Å². The molecule has 122 valence electrons. The molecule has 0 saturated carbocycles. The quantitative estimate of drug-likeness (QED) is 0.605. The molecule has 1 aliphatic heterocycles. The fourth-order valence-electron chi connectivity index (χ4n) is 1.74. The molecule has 0 radical (unpaired) electrons. The maximum atomic E-state index is 11.8. The third kappa shape index (κ3) is 5.14. The Morgan fingerprint density at radius 3 is 2.43 bits per heavy atom. The molecule has 0 spiro atoms. The summed E-state index contributed by atoms with van der Waals surface area (Å²) in [7, 11) is 0. The normalized spacial score (nSPS) is 14.2. The Hall–Kier alpha value is -2.82. The SMILES string of the molecule is O=C1CN(C(=O)NC(=O)CCC(=O)Nc2nccs2)CC(=O)N1. The van der Waals surface area contributed by atoms with Gasteiger partial charge in [-0.3, -0.25) is 29.8 Å². The van der Waals surface area contributed by atoms with E-state index in [0.29, 0.717) is 5.13 Å². The zero-order valence-corrected chi connectivity index (χ0v) is 12.6. The van der Waals surface area contributed by atoms with Gasteiger partial charge in [0.05, 0.1) is 0 Å². The summed E-state index contributed by atoms with van der Waals surface area (Å²) in [6, 6.07) is -0.849. The van der Waals surface area contributed by atoms with Crippen LogP contribution in [0.25, 0.3) is 0 Å². The summed E-state index contributed by atoms with van der Waals surface area (Å²) in [5, 5.41) is 8.68. The summed E-state index contributed by atoms with van der Waals surface area (Å²) in [6.07, 6.45) is 1.19. The third-order valence-corrected chi connectivity index (χ3v) is 3.43. The van der Waals surface area contributed by atoms with Crippen LogP contribution < -0.4 is 16.0 Å². The number of carbonyl (C=O) groups is 5. The van der Waals surface area contributed by atoms with E-state index in [2.05, 4.69) is 10.3 Å². The molecule has 23 heavy (non-hydrogen) atoms. The highest BCUT2D eigenvalue weighted by Gasteiger charge is 2.27. The first-order valence-electron chi connectivity index (χ1n) is 6.55. The minimum Gasteiger partial charge on any atom is -0.306 e. The number of hydrogen-bond donors (Lipinski definition) is 3. The number of aromatic nitrogens is 1. The van der Waals surface area contributed by atoms with Gasteiger partial charge in [0.2, 0.25) is 23.6 Å². The monoisotopic (exact) mass is 339 g/mol. The van der Waals surface area contributed by atoms with Crippen molar-refractivity contribution >= 4 is 46.1 Å². The molecule has 1 saturated heterocycles. The van der Waals surface area contributed by atoms with Crippen molar-refractivity contribution in [2.75, 3.05) is 18.4 Å². The van der Waals surface area contributed by atoms with Gasteiger partial charge in [-0.2, -0.15) is 0 Å². The molecule has 2 heterocycles. The van der Waals surface area contributed by atoms with Crippen LogP contribution in [0.1, 0.15) is 12.8 Å². The highest BCUT2D eigenvalue weighted by Crippen LogP contribution is 2.10.